The summed E-state index contributed by atoms with van der Waals surface area (Å²) >= 11 is 0. The number of azo groups is 2. The van der Waals surface area contributed by atoms with Gasteiger partial charge in [-0.25, -0.2) is 0 Å². The van der Waals surface area contributed by atoms with Gasteiger partial charge in [-0.1, -0.05) is 29.8 Å². The van der Waals surface area contributed by atoms with Gasteiger partial charge in [-0.05, 0) is 96.2 Å². The van der Waals surface area contributed by atoms with Crippen molar-refractivity contribution in [3.8, 4) is 17.2 Å². The smallest absolute Gasteiger partial charge is 0.151 e. The Kier molecular flexibility index (Phi) is 8.99. The molecule has 0 aromatic heterocycles. The van der Waals surface area contributed by atoms with Crippen LogP contribution in [0.5, 0.6) is 17.2 Å². The number of hydrogen-bond donors (Lipinski definition) is 4. The number of rotatable bonds is 7. The number of nitrogens with zero attached hydrogens (tertiary/aromatic N) is 4. The van der Waals surface area contributed by atoms with Crippen LogP contribution in [0.1, 0.15) is 11.1 Å². The van der Waals surface area contributed by atoms with Crippen LogP contribution >= 0.6 is 0 Å². The number of hydrogen-bond acceptors (Lipinski definition) is 9. The molecule has 6 aromatic rings. The number of anilines is 3. The Morgan fingerprint density at radius 2 is 1.38 bits per heavy atom. The van der Waals surface area contributed by atoms with Gasteiger partial charge in [-0.15, -0.1) is 15.3 Å². The van der Waals surface area contributed by atoms with Crippen LogP contribution in [-0.2, 0) is 17.1 Å². The fraction of sp³-hybridized carbons (Fsp3) is 0.0857. The standard InChI is InChI=1S/C35H30N6O3.Cu/c1-20-4-5-23-16-28(9-6-22(23)14-20)38-40-31-18-32(42)30(19-33(31)44-3)39-41-34-21(2)15-24-17-27(12-13-29(24)35(34)43)37-26-10-7-25(36)8-11-26;/h4-19,37,42-43H,36H2,1-3H3;. The fourth-order valence-corrected chi connectivity index (χ4v) is 4.95. The summed E-state index contributed by atoms with van der Waals surface area (Å²) in [7, 11) is 1.50. The van der Waals surface area contributed by atoms with Gasteiger partial charge in [-0.3, -0.25) is 0 Å². The van der Waals surface area contributed by atoms with Crippen molar-refractivity contribution in [1.82, 2.24) is 0 Å². The van der Waals surface area contributed by atoms with Crippen LogP contribution in [0.4, 0.5) is 39.8 Å². The van der Waals surface area contributed by atoms with Crippen LogP contribution in [0.2, 0.25) is 0 Å². The molecule has 229 valence electrons. The van der Waals surface area contributed by atoms with E-state index in [2.05, 4.69) is 44.8 Å². The number of nitrogens with two attached hydrogens (primary N) is 1. The maximum Gasteiger partial charge on any atom is 0.151 e. The summed E-state index contributed by atoms with van der Waals surface area (Å²) in [5.74, 6) is 0.191. The van der Waals surface area contributed by atoms with Crippen molar-refractivity contribution in [3.63, 3.8) is 0 Å². The van der Waals surface area contributed by atoms with E-state index >= 15 is 0 Å². The Morgan fingerprint density at radius 1 is 0.667 bits per heavy atom. The van der Waals surface area contributed by atoms with Crippen LogP contribution in [0.3, 0.4) is 0 Å². The molecule has 6 aromatic carbocycles. The zero-order valence-electron chi connectivity index (χ0n) is 24.7. The van der Waals surface area contributed by atoms with Crippen molar-refractivity contribution in [3.05, 3.63) is 108 Å². The summed E-state index contributed by atoms with van der Waals surface area (Å²) in [6.07, 6.45) is 0. The van der Waals surface area contributed by atoms with Crippen molar-refractivity contribution in [1.29, 1.82) is 0 Å². The topological polar surface area (TPSA) is 137 Å². The summed E-state index contributed by atoms with van der Waals surface area (Å²) < 4.78 is 5.50. The molecule has 0 spiro atoms. The van der Waals surface area contributed by atoms with E-state index in [1.165, 1.54) is 24.8 Å². The number of phenolic OH excluding ortho intramolecular Hbond substituents is 2. The number of nitrogen functional groups attached to an aromatic ring is 1. The minimum Gasteiger partial charge on any atom is -0.506 e. The number of fused-ring (bicyclic) bond motifs is 2. The van der Waals surface area contributed by atoms with E-state index < -0.39 is 0 Å². The van der Waals surface area contributed by atoms with E-state index in [9.17, 15) is 10.2 Å². The number of aryl methyl sites for hydroxylation is 2. The molecule has 5 N–H and O–H groups in total. The molecule has 6 rings (SSSR count). The first-order valence-corrected chi connectivity index (χ1v) is 13.9. The predicted molar refractivity (Wildman–Crippen MR) is 176 cm³/mol. The molecule has 0 amide bonds. The van der Waals surface area contributed by atoms with Crippen LogP contribution in [0, 0.1) is 13.8 Å². The zero-order valence-corrected chi connectivity index (χ0v) is 25.6. The van der Waals surface area contributed by atoms with Crippen molar-refractivity contribution in [2.24, 2.45) is 20.5 Å². The molecule has 0 bridgehead atoms. The van der Waals surface area contributed by atoms with Crippen molar-refractivity contribution < 1.29 is 32.0 Å². The van der Waals surface area contributed by atoms with E-state index in [0.29, 0.717) is 39.4 Å². The van der Waals surface area contributed by atoms with E-state index in [4.69, 9.17) is 10.5 Å². The first-order valence-electron chi connectivity index (χ1n) is 13.9. The number of phenols is 2. The molecule has 10 heteroatoms. The van der Waals surface area contributed by atoms with E-state index in [-0.39, 0.29) is 34.3 Å². The summed E-state index contributed by atoms with van der Waals surface area (Å²) in [4.78, 5) is 0. The molecule has 0 aliphatic heterocycles. The SMILES string of the molecule is COc1cc(N=Nc2c(C)cc3cc(Nc4ccc(N)cc4)ccc3c2O)c(O)cc1N=Nc1ccc2cc(C)ccc2c1.[Cu]. The molecule has 9 nitrogen and oxygen atoms in total. The van der Waals surface area contributed by atoms with E-state index in [1.54, 1.807) is 0 Å². The second-order valence-corrected chi connectivity index (χ2v) is 10.5. The molecular weight excluding hydrogens is 616 g/mol. The molecule has 0 atom stereocenters. The normalized spacial score (nSPS) is 11.4. The minimum absolute atomic E-state index is 0. The number of nitrogens with one attached hydrogen (secondary N) is 1. The third kappa shape index (κ3) is 6.72. The number of benzene rings is 6. The van der Waals surface area contributed by atoms with E-state index in [1.807, 2.05) is 79.7 Å². The first kappa shape index (κ1) is 31.0. The Morgan fingerprint density at radius 3 is 2.16 bits per heavy atom. The third-order valence-electron chi connectivity index (χ3n) is 7.26. The first-order chi connectivity index (χ1) is 21.3. The third-order valence-corrected chi connectivity index (χ3v) is 7.26. The molecular formula is C35H30CuN6O3. The number of aromatic hydroxyl groups is 2. The average Bonchev–Trinajstić information content (AvgIpc) is 3.01. The van der Waals surface area contributed by atoms with Gasteiger partial charge < -0.3 is 26.0 Å². The van der Waals surface area contributed by atoms with Crippen molar-refractivity contribution >= 4 is 61.4 Å². The van der Waals surface area contributed by atoms with Crippen LogP contribution in [0.15, 0.2) is 118 Å². The maximum absolute atomic E-state index is 11.1. The molecule has 0 aliphatic rings. The molecule has 45 heavy (non-hydrogen) atoms. The largest absolute Gasteiger partial charge is 0.506 e. The minimum atomic E-state index is -0.159. The zero-order chi connectivity index (χ0) is 30.8. The quantitative estimate of drug-likeness (QED) is 0.0777. The van der Waals surface area contributed by atoms with Gasteiger partial charge in [0.15, 0.2) is 5.75 Å². The molecule has 0 saturated heterocycles. The second kappa shape index (κ2) is 13.1. The summed E-state index contributed by atoms with van der Waals surface area (Å²) in [5, 5.41) is 46.0. The van der Waals surface area contributed by atoms with Crippen LogP contribution in [-0.4, -0.2) is 17.3 Å². The molecule has 0 heterocycles. The van der Waals surface area contributed by atoms with E-state index in [0.717, 1.165) is 27.5 Å². The maximum atomic E-state index is 11.1. The molecule has 0 fully saturated rings. The molecule has 0 unspecified atom stereocenters. The Labute approximate surface area is 270 Å². The number of ether oxygens (including phenoxy) is 1. The molecule has 1 radical (unpaired) electrons. The Hall–Kier alpha value is -5.44. The van der Waals surface area contributed by atoms with Gasteiger partial charge in [0.1, 0.15) is 28.6 Å². The predicted octanol–water partition coefficient (Wildman–Crippen LogP) is 10.2. The van der Waals surface area contributed by atoms with Gasteiger partial charge in [-0.2, -0.15) is 5.11 Å². The molecule has 0 aliphatic carbocycles. The van der Waals surface area contributed by atoms with Crippen molar-refractivity contribution in [2.75, 3.05) is 18.2 Å². The van der Waals surface area contributed by atoms with Crippen LogP contribution < -0.4 is 15.8 Å². The monoisotopic (exact) mass is 645 g/mol. The van der Waals surface area contributed by atoms with Crippen LogP contribution in [0.25, 0.3) is 21.5 Å². The van der Waals surface area contributed by atoms with Gasteiger partial charge in [0.25, 0.3) is 0 Å². The average molecular weight is 646 g/mol. The second-order valence-electron chi connectivity index (χ2n) is 10.5. The fourth-order valence-electron chi connectivity index (χ4n) is 4.95. The summed E-state index contributed by atoms with van der Waals surface area (Å²) in [6, 6.07) is 30.0. The van der Waals surface area contributed by atoms with Gasteiger partial charge in [0, 0.05) is 51.6 Å². The Bertz CT molecular complexity index is 2100. The Balaban J connectivity index is 0.00000400. The van der Waals surface area contributed by atoms with Crippen molar-refractivity contribution in [2.45, 2.75) is 13.8 Å². The summed E-state index contributed by atoms with van der Waals surface area (Å²) in [6.45, 7) is 3.89. The summed E-state index contributed by atoms with van der Waals surface area (Å²) in [5.41, 5.74) is 11.6. The molecule has 0 saturated carbocycles. The van der Waals surface area contributed by atoms with Gasteiger partial charge >= 0.3 is 0 Å². The van der Waals surface area contributed by atoms with Gasteiger partial charge in [0.2, 0.25) is 0 Å². The number of methoxy groups -OCH3 is 1. The van der Waals surface area contributed by atoms with Gasteiger partial charge in [0.05, 0.1) is 12.8 Å².